The highest BCUT2D eigenvalue weighted by Crippen LogP contribution is 2.26. The van der Waals surface area contributed by atoms with Gasteiger partial charge in [-0.3, -0.25) is 4.68 Å². The number of hydrogen-bond donors (Lipinski definition) is 0. The second-order valence-corrected chi connectivity index (χ2v) is 5.00. The molecule has 0 saturated carbocycles. The van der Waals surface area contributed by atoms with E-state index in [1.165, 1.54) is 0 Å². The molecule has 110 valence electrons. The Morgan fingerprint density at radius 1 is 1.43 bits per heavy atom. The van der Waals surface area contributed by atoms with Crippen molar-refractivity contribution >= 4 is 10.9 Å². The van der Waals surface area contributed by atoms with Gasteiger partial charge in [-0.05, 0) is 19.4 Å². The Morgan fingerprint density at radius 2 is 2.24 bits per heavy atom. The van der Waals surface area contributed by atoms with Gasteiger partial charge >= 0.3 is 0 Å². The molecule has 3 rings (SSSR count). The van der Waals surface area contributed by atoms with Crippen molar-refractivity contribution in [3.8, 4) is 11.8 Å². The SMILES string of the molecule is COc1cc2c(cnn2CCCC2OC(C)O2)cc1C#N. The van der Waals surface area contributed by atoms with Crippen LogP contribution in [0.4, 0.5) is 0 Å². The molecule has 2 aromatic rings. The van der Waals surface area contributed by atoms with E-state index in [0.29, 0.717) is 11.3 Å². The molecule has 1 saturated heterocycles. The molecule has 1 aromatic carbocycles. The standard InChI is InChI=1S/C15H17N3O3/c1-10-20-15(21-10)4-3-5-18-13-7-14(19-2)11(8-16)6-12(13)9-17-18/h6-7,9-10,15H,3-5H2,1-2H3. The number of hydrogen-bond acceptors (Lipinski definition) is 5. The maximum atomic E-state index is 9.09. The number of aromatic nitrogens is 2. The van der Waals surface area contributed by atoms with E-state index in [-0.39, 0.29) is 12.6 Å². The van der Waals surface area contributed by atoms with Crippen LogP contribution >= 0.6 is 0 Å². The van der Waals surface area contributed by atoms with Gasteiger partial charge in [0.25, 0.3) is 0 Å². The molecule has 0 atom stereocenters. The maximum Gasteiger partial charge on any atom is 0.163 e. The van der Waals surface area contributed by atoms with Crippen molar-refractivity contribution in [1.82, 2.24) is 9.78 Å². The molecule has 1 aliphatic rings. The van der Waals surface area contributed by atoms with Crippen LogP contribution in [0, 0.1) is 11.3 Å². The van der Waals surface area contributed by atoms with Crippen molar-refractivity contribution in [2.24, 2.45) is 0 Å². The van der Waals surface area contributed by atoms with Crippen molar-refractivity contribution in [2.45, 2.75) is 38.9 Å². The third-order valence-corrected chi connectivity index (χ3v) is 3.58. The lowest BCUT2D eigenvalue weighted by Crippen LogP contribution is -2.38. The first-order valence-corrected chi connectivity index (χ1v) is 6.96. The number of nitriles is 1. The van der Waals surface area contributed by atoms with Crippen molar-refractivity contribution < 1.29 is 14.2 Å². The Morgan fingerprint density at radius 3 is 2.90 bits per heavy atom. The molecule has 1 aromatic heterocycles. The van der Waals surface area contributed by atoms with E-state index in [1.807, 2.05) is 17.7 Å². The Hall–Kier alpha value is -2.10. The first-order valence-electron chi connectivity index (χ1n) is 6.96. The van der Waals surface area contributed by atoms with E-state index in [4.69, 9.17) is 19.5 Å². The molecule has 21 heavy (non-hydrogen) atoms. The summed E-state index contributed by atoms with van der Waals surface area (Å²) in [5.41, 5.74) is 1.49. The van der Waals surface area contributed by atoms with Gasteiger partial charge in [0.1, 0.15) is 11.8 Å². The Kier molecular flexibility index (Phi) is 3.78. The Labute approximate surface area is 122 Å². The number of fused-ring (bicyclic) bond motifs is 1. The Bertz CT molecular complexity index is 683. The fraction of sp³-hybridized carbons (Fsp3) is 0.467. The van der Waals surface area contributed by atoms with Gasteiger partial charge in [0.2, 0.25) is 0 Å². The number of benzene rings is 1. The summed E-state index contributed by atoms with van der Waals surface area (Å²) in [5.74, 6) is 0.575. The zero-order chi connectivity index (χ0) is 14.8. The van der Waals surface area contributed by atoms with Gasteiger partial charge in [0, 0.05) is 24.4 Å². The van der Waals surface area contributed by atoms with Crippen molar-refractivity contribution in [1.29, 1.82) is 5.26 Å². The van der Waals surface area contributed by atoms with Crippen LogP contribution in [0.1, 0.15) is 25.3 Å². The van der Waals surface area contributed by atoms with Gasteiger partial charge < -0.3 is 14.2 Å². The lowest BCUT2D eigenvalue weighted by molar-refractivity contribution is -0.377. The first-order chi connectivity index (χ1) is 10.2. The molecule has 0 aliphatic carbocycles. The number of nitrogens with zero attached hydrogens (tertiary/aromatic N) is 3. The van der Waals surface area contributed by atoms with E-state index < -0.39 is 0 Å². The summed E-state index contributed by atoms with van der Waals surface area (Å²) in [6.07, 6.45) is 3.37. The van der Waals surface area contributed by atoms with E-state index in [0.717, 1.165) is 30.3 Å². The summed E-state index contributed by atoms with van der Waals surface area (Å²) in [7, 11) is 1.56. The van der Waals surface area contributed by atoms with Crippen LogP contribution in [0.2, 0.25) is 0 Å². The minimum Gasteiger partial charge on any atom is -0.495 e. The topological polar surface area (TPSA) is 69.3 Å². The van der Waals surface area contributed by atoms with Crippen LogP contribution in [-0.4, -0.2) is 29.5 Å². The van der Waals surface area contributed by atoms with Crippen LogP contribution in [0.5, 0.6) is 5.75 Å². The molecule has 0 radical (unpaired) electrons. The number of ether oxygens (including phenoxy) is 3. The summed E-state index contributed by atoms with van der Waals surface area (Å²) in [6.45, 7) is 2.66. The first kappa shape index (κ1) is 13.9. The molecular weight excluding hydrogens is 270 g/mol. The highest BCUT2D eigenvalue weighted by Gasteiger charge is 2.25. The highest BCUT2D eigenvalue weighted by atomic mass is 16.9. The quantitative estimate of drug-likeness (QED) is 0.844. The highest BCUT2D eigenvalue weighted by molar-refractivity contribution is 5.82. The number of methoxy groups -OCH3 is 1. The third-order valence-electron chi connectivity index (χ3n) is 3.58. The minimum atomic E-state index is -0.0819. The van der Waals surface area contributed by atoms with Crippen molar-refractivity contribution in [3.05, 3.63) is 23.9 Å². The monoisotopic (exact) mass is 287 g/mol. The second-order valence-electron chi connectivity index (χ2n) is 5.00. The van der Waals surface area contributed by atoms with Gasteiger partial charge in [-0.1, -0.05) is 0 Å². The van der Waals surface area contributed by atoms with Crippen molar-refractivity contribution in [2.75, 3.05) is 7.11 Å². The molecule has 1 aliphatic heterocycles. The van der Waals surface area contributed by atoms with Gasteiger partial charge in [-0.15, -0.1) is 0 Å². The van der Waals surface area contributed by atoms with Crippen LogP contribution in [0.25, 0.3) is 10.9 Å². The van der Waals surface area contributed by atoms with Crippen molar-refractivity contribution in [3.63, 3.8) is 0 Å². The van der Waals surface area contributed by atoms with E-state index in [2.05, 4.69) is 11.2 Å². The van der Waals surface area contributed by atoms with Crippen LogP contribution in [0.15, 0.2) is 18.3 Å². The number of aryl methyl sites for hydroxylation is 1. The molecule has 0 unspecified atom stereocenters. The van der Waals surface area contributed by atoms with E-state index >= 15 is 0 Å². The molecule has 0 N–H and O–H groups in total. The molecule has 0 spiro atoms. The molecule has 0 bridgehead atoms. The molecule has 2 heterocycles. The van der Waals surface area contributed by atoms with E-state index in [1.54, 1.807) is 19.4 Å². The normalized spacial score (nSPS) is 21.0. The second kappa shape index (κ2) is 5.72. The van der Waals surface area contributed by atoms with Crippen LogP contribution in [-0.2, 0) is 16.0 Å². The molecular formula is C15H17N3O3. The summed E-state index contributed by atoms with van der Waals surface area (Å²) < 4.78 is 18.0. The summed E-state index contributed by atoms with van der Waals surface area (Å²) in [6, 6.07) is 5.79. The lowest BCUT2D eigenvalue weighted by Gasteiger charge is -2.33. The molecule has 6 heteroatoms. The fourth-order valence-corrected chi connectivity index (χ4v) is 2.52. The summed E-state index contributed by atoms with van der Waals surface area (Å²) >= 11 is 0. The molecule has 1 fully saturated rings. The van der Waals surface area contributed by atoms with Crippen LogP contribution < -0.4 is 4.74 Å². The largest absolute Gasteiger partial charge is 0.495 e. The fourth-order valence-electron chi connectivity index (χ4n) is 2.52. The average molecular weight is 287 g/mol. The molecule has 6 nitrogen and oxygen atoms in total. The van der Waals surface area contributed by atoms with Gasteiger partial charge in [0.05, 0.1) is 24.4 Å². The zero-order valence-electron chi connectivity index (χ0n) is 12.1. The average Bonchev–Trinajstić information content (AvgIpc) is 2.86. The smallest absolute Gasteiger partial charge is 0.163 e. The maximum absolute atomic E-state index is 9.09. The zero-order valence-corrected chi connectivity index (χ0v) is 12.1. The van der Waals surface area contributed by atoms with Gasteiger partial charge in [0.15, 0.2) is 12.6 Å². The third kappa shape index (κ3) is 2.71. The lowest BCUT2D eigenvalue weighted by atomic mass is 10.1. The van der Waals surface area contributed by atoms with Gasteiger partial charge in [-0.2, -0.15) is 10.4 Å². The van der Waals surface area contributed by atoms with Crippen LogP contribution in [0.3, 0.4) is 0 Å². The predicted molar refractivity (Wildman–Crippen MR) is 75.7 cm³/mol. The minimum absolute atomic E-state index is 0.0748. The number of rotatable bonds is 5. The van der Waals surface area contributed by atoms with Gasteiger partial charge in [-0.25, -0.2) is 0 Å². The van der Waals surface area contributed by atoms with E-state index in [9.17, 15) is 0 Å². The molecule has 0 amide bonds. The predicted octanol–water partition coefficient (Wildman–Crippen LogP) is 2.42. The summed E-state index contributed by atoms with van der Waals surface area (Å²) in [5, 5.41) is 14.4. The summed E-state index contributed by atoms with van der Waals surface area (Å²) in [4.78, 5) is 0. The Balaban J connectivity index is 1.72.